The summed E-state index contributed by atoms with van der Waals surface area (Å²) in [4.78, 5) is 29.1. The molecule has 9 nitrogen and oxygen atoms in total. The largest absolute Gasteiger partial charge is 0.490 e. The fourth-order valence-electron chi connectivity index (χ4n) is 5.13. The predicted octanol–water partition coefficient (Wildman–Crippen LogP) is 2.90. The highest BCUT2D eigenvalue weighted by atomic mass is 16.5. The Kier molecular flexibility index (Phi) is 7.14. The number of ether oxygens (including phenoxy) is 1. The smallest absolute Gasteiger partial charge is 0.288 e. The number of carbonyl (C=O) groups is 1. The Bertz CT molecular complexity index is 1380. The van der Waals surface area contributed by atoms with Crippen molar-refractivity contribution < 1.29 is 9.53 Å². The summed E-state index contributed by atoms with van der Waals surface area (Å²) in [5.74, 6) is 1.50. The van der Waals surface area contributed by atoms with Crippen molar-refractivity contribution in [3.63, 3.8) is 0 Å². The van der Waals surface area contributed by atoms with Gasteiger partial charge in [-0.25, -0.2) is 5.10 Å². The number of likely N-dealkylation sites (tertiary alicyclic amines) is 1. The molecule has 1 saturated heterocycles. The number of likely N-dealkylation sites (N-methyl/N-ethyl adjacent to an activating group) is 1. The molecular formula is C28H34N6O3. The molecule has 0 spiro atoms. The average Bonchev–Trinajstić information content (AvgIpc) is 3.25. The molecular weight excluding hydrogens is 468 g/mol. The lowest BCUT2D eigenvalue weighted by Crippen LogP contribution is -2.50. The number of aromatic amines is 1. The fourth-order valence-corrected chi connectivity index (χ4v) is 5.13. The van der Waals surface area contributed by atoms with Crippen LogP contribution in [0.15, 0.2) is 59.6 Å². The van der Waals surface area contributed by atoms with Crippen LogP contribution in [0.3, 0.4) is 0 Å². The van der Waals surface area contributed by atoms with E-state index in [1.807, 2.05) is 71.1 Å². The molecule has 2 aromatic heterocycles. The zero-order chi connectivity index (χ0) is 25.9. The zero-order valence-corrected chi connectivity index (χ0v) is 21.4. The number of carbonyl (C=O) groups excluding carboxylic acids is 1. The molecule has 3 aromatic rings. The van der Waals surface area contributed by atoms with Crippen LogP contribution in [-0.2, 0) is 11.3 Å². The number of nitrogens with one attached hydrogen (secondary N) is 1. The monoisotopic (exact) mass is 502 g/mol. The maximum atomic E-state index is 12.8. The molecule has 1 aliphatic heterocycles. The molecule has 1 atom stereocenters. The van der Waals surface area contributed by atoms with E-state index in [1.165, 1.54) is 0 Å². The Labute approximate surface area is 216 Å². The highest BCUT2D eigenvalue weighted by Gasteiger charge is 2.31. The van der Waals surface area contributed by atoms with Gasteiger partial charge in [-0.15, -0.1) is 0 Å². The van der Waals surface area contributed by atoms with Crippen molar-refractivity contribution >= 4 is 28.2 Å². The van der Waals surface area contributed by atoms with E-state index in [1.54, 1.807) is 6.08 Å². The molecule has 1 fully saturated rings. The summed E-state index contributed by atoms with van der Waals surface area (Å²) in [6.07, 6.45) is 10.4. The van der Waals surface area contributed by atoms with Crippen molar-refractivity contribution in [2.24, 2.45) is 5.92 Å². The van der Waals surface area contributed by atoms with Crippen molar-refractivity contribution in [1.29, 1.82) is 0 Å². The number of hydrogen-bond acceptors (Lipinski definition) is 6. The van der Waals surface area contributed by atoms with E-state index in [0.717, 1.165) is 42.7 Å². The van der Waals surface area contributed by atoms with E-state index in [2.05, 4.69) is 16.3 Å². The molecule has 3 N–H and O–H groups in total. The number of benzene rings is 1. The van der Waals surface area contributed by atoms with Gasteiger partial charge in [-0.3, -0.25) is 9.59 Å². The van der Waals surface area contributed by atoms with Crippen LogP contribution in [0, 0.1) is 5.92 Å². The maximum Gasteiger partial charge on any atom is 0.288 e. The van der Waals surface area contributed by atoms with E-state index in [4.69, 9.17) is 10.5 Å². The minimum atomic E-state index is -0.254. The Hall–Kier alpha value is -3.85. The summed E-state index contributed by atoms with van der Waals surface area (Å²) in [5, 5.41) is 7.29. The first-order valence-electron chi connectivity index (χ1n) is 12.8. The van der Waals surface area contributed by atoms with E-state index in [9.17, 15) is 9.59 Å². The third-order valence-electron chi connectivity index (χ3n) is 7.04. The van der Waals surface area contributed by atoms with Crippen LogP contribution in [0.1, 0.15) is 24.8 Å². The molecule has 1 unspecified atom stereocenters. The second-order valence-corrected chi connectivity index (χ2v) is 10.2. The van der Waals surface area contributed by atoms with Gasteiger partial charge in [-0.2, -0.15) is 5.10 Å². The van der Waals surface area contributed by atoms with Gasteiger partial charge in [0.1, 0.15) is 17.4 Å². The highest BCUT2D eigenvalue weighted by molar-refractivity contribution is 5.99. The lowest BCUT2D eigenvalue weighted by Gasteiger charge is -2.39. The molecule has 0 bridgehead atoms. The van der Waals surface area contributed by atoms with Crippen molar-refractivity contribution in [1.82, 2.24) is 24.6 Å². The first-order valence-corrected chi connectivity index (χ1v) is 12.8. The van der Waals surface area contributed by atoms with Gasteiger partial charge in [-0.05, 0) is 44.6 Å². The lowest BCUT2D eigenvalue weighted by atomic mass is 9.92. The molecule has 9 heteroatoms. The first kappa shape index (κ1) is 24.8. The number of H-pyrrole nitrogens is 1. The van der Waals surface area contributed by atoms with Crippen LogP contribution in [-0.4, -0.2) is 70.3 Å². The Morgan fingerprint density at radius 3 is 2.76 bits per heavy atom. The number of amides is 1. The summed E-state index contributed by atoms with van der Waals surface area (Å²) >= 11 is 0. The minimum absolute atomic E-state index is 0.0297. The second kappa shape index (κ2) is 10.6. The van der Waals surface area contributed by atoms with E-state index in [-0.39, 0.29) is 23.5 Å². The Morgan fingerprint density at radius 1 is 1.27 bits per heavy atom. The van der Waals surface area contributed by atoms with Crippen molar-refractivity contribution in [3.8, 4) is 5.75 Å². The Balaban J connectivity index is 1.31. The normalized spacial score (nSPS) is 18.4. The van der Waals surface area contributed by atoms with Gasteiger partial charge in [0, 0.05) is 56.4 Å². The number of rotatable bonds is 8. The molecule has 1 aliphatic carbocycles. The van der Waals surface area contributed by atoms with Crippen molar-refractivity contribution in [2.75, 3.05) is 39.5 Å². The van der Waals surface area contributed by atoms with Gasteiger partial charge in [0.2, 0.25) is 5.91 Å². The standard InChI is InChI=1S/C28H34N6O3/c1-32(2)14-6-9-24(35)33-15-19(16-33)17-34-18-23(25-26(34)28(36)31-30-27(25)29)20-10-12-22(13-11-20)37-21-7-4-3-5-8-21/h3-10,18-19,22H,11-17H2,1-2H3,(H2,29,30)(H,31,36)/b9-6+. The fraction of sp³-hybridized carbons (Fsp3) is 0.393. The third kappa shape index (κ3) is 5.46. The molecule has 5 rings (SSSR count). The summed E-state index contributed by atoms with van der Waals surface area (Å²) in [6, 6.07) is 9.87. The van der Waals surface area contributed by atoms with Gasteiger partial charge < -0.3 is 24.8 Å². The molecule has 1 aromatic carbocycles. The van der Waals surface area contributed by atoms with Crippen LogP contribution < -0.4 is 16.0 Å². The van der Waals surface area contributed by atoms with Gasteiger partial charge in [0.15, 0.2) is 5.82 Å². The number of para-hydroxylation sites is 1. The van der Waals surface area contributed by atoms with E-state index in [0.29, 0.717) is 36.4 Å². The number of nitrogen functional groups attached to an aromatic ring is 1. The maximum absolute atomic E-state index is 12.8. The number of hydrogen-bond donors (Lipinski definition) is 2. The van der Waals surface area contributed by atoms with Gasteiger partial charge >= 0.3 is 0 Å². The molecule has 1 amide bonds. The molecule has 0 saturated carbocycles. The summed E-state index contributed by atoms with van der Waals surface area (Å²) in [7, 11) is 3.93. The topological polar surface area (TPSA) is 109 Å². The number of fused-ring (bicyclic) bond motifs is 1. The summed E-state index contributed by atoms with van der Waals surface area (Å²) in [5.41, 5.74) is 8.68. The van der Waals surface area contributed by atoms with Crippen LogP contribution in [0.4, 0.5) is 5.82 Å². The highest BCUT2D eigenvalue weighted by Crippen LogP contribution is 2.36. The quantitative estimate of drug-likeness (QED) is 0.459. The Morgan fingerprint density at radius 2 is 2.05 bits per heavy atom. The SMILES string of the molecule is CN(C)C/C=C/C(=O)N1CC(Cn2cc(C3=CCC(Oc4ccccc4)CC3)c3c(N)n[nH]c(=O)c32)C1. The van der Waals surface area contributed by atoms with Crippen LogP contribution in [0.2, 0.25) is 0 Å². The van der Waals surface area contributed by atoms with Crippen LogP contribution >= 0.6 is 0 Å². The number of nitrogens with zero attached hydrogens (tertiary/aromatic N) is 4. The number of anilines is 1. The van der Waals surface area contributed by atoms with Crippen molar-refractivity contribution in [2.45, 2.75) is 31.9 Å². The van der Waals surface area contributed by atoms with Gasteiger partial charge in [0.25, 0.3) is 5.56 Å². The zero-order valence-electron chi connectivity index (χ0n) is 21.4. The van der Waals surface area contributed by atoms with Gasteiger partial charge in [0.05, 0.1) is 5.39 Å². The molecule has 37 heavy (non-hydrogen) atoms. The van der Waals surface area contributed by atoms with Crippen LogP contribution in [0.5, 0.6) is 5.75 Å². The number of nitrogens with two attached hydrogens (primary N) is 1. The van der Waals surface area contributed by atoms with Crippen molar-refractivity contribution in [3.05, 3.63) is 70.7 Å². The van der Waals surface area contributed by atoms with E-state index >= 15 is 0 Å². The lowest BCUT2D eigenvalue weighted by molar-refractivity contribution is -0.132. The summed E-state index contributed by atoms with van der Waals surface area (Å²) < 4.78 is 8.12. The van der Waals surface area contributed by atoms with E-state index < -0.39 is 0 Å². The average molecular weight is 503 g/mol. The third-order valence-corrected chi connectivity index (χ3v) is 7.04. The molecule has 3 heterocycles. The first-order chi connectivity index (χ1) is 17.9. The number of allylic oxidation sites excluding steroid dienone is 1. The predicted molar refractivity (Wildman–Crippen MR) is 145 cm³/mol. The number of aromatic nitrogens is 3. The molecule has 0 radical (unpaired) electrons. The summed E-state index contributed by atoms with van der Waals surface area (Å²) in [6.45, 7) is 2.70. The van der Waals surface area contributed by atoms with Crippen LogP contribution in [0.25, 0.3) is 16.5 Å². The second-order valence-electron chi connectivity index (χ2n) is 10.2. The van der Waals surface area contributed by atoms with Gasteiger partial charge in [-0.1, -0.05) is 30.4 Å². The molecule has 194 valence electrons. The minimum Gasteiger partial charge on any atom is -0.490 e. The molecule has 2 aliphatic rings.